The van der Waals surface area contributed by atoms with Crippen molar-refractivity contribution in [2.75, 3.05) is 6.54 Å². The van der Waals surface area contributed by atoms with Crippen LogP contribution in [0.3, 0.4) is 0 Å². The third kappa shape index (κ3) is 4.03. The zero-order valence-corrected chi connectivity index (χ0v) is 14.7. The highest BCUT2D eigenvalue weighted by Crippen LogP contribution is 2.35. The number of amides is 2. The molecular weight excluding hydrogens is 316 g/mol. The smallest absolute Gasteiger partial charge is 0.248 e. The summed E-state index contributed by atoms with van der Waals surface area (Å²) < 4.78 is 0. The van der Waals surface area contributed by atoms with E-state index in [1.54, 1.807) is 12.1 Å². The summed E-state index contributed by atoms with van der Waals surface area (Å²) in [5, 5.41) is 10.3. The number of likely N-dealkylation sites (tertiary alicyclic amines) is 1. The summed E-state index contributed by atoms with van der Waals surface area (Å²) in [6.07, 6.45) is 6.73. The maximum absolute atomic E-state index is 12.8. The van der Waals surface area contributed by atoms with Gasteiger partial charge in [0, 0.05) is 30.5 Å². The van der Waals surface area contributed by atoms with Gasteiger partial charge in [-0.25, -0.2) is 0 Å². The number of hydrogen-bond donors (Lipinski definition) is 2. The van der Waals surface area contributed by atoms with Crippen molar-refractivity contribution in [3.63, 3.8) is 0 Å². The zero-order chi connectivity index (χ0) is 17.8. The van der Waals surface area contributed by atoms with E-state index in [-0.39, 0.29) is 24.0 Å². The Morgan fingerprint density at radius 3 is 2.64 bits per heavy atom. The molecule has 1 heterocycles. The first-order valence-corrected chi connectivity index (χ1v) is 9.43. The summed E-state index contributed by atoms with van der Waals surface area (Å²) in [5.41, 5.74) is 6.74. The molecule has 3 atom stereocenters. The Bertz CT molecular complexity index is 631. The molecule has 2 fully saturated rings. The number of nitrogens with two attached hydrogens (primary N) is 1. The molecule has 2 aliphatic rings. The molecule has 0 aromatic heterocycles. The first kappa shape index (κ1) is 17.9. The van der Waals surface area contributed by atoms with Crippen LogP contribution in [0.1, 0.15) is 60.9 Å². The van der Waals surface area contributed by atoms with E-state index in [2.05, 4.69) is 0 Å². The van der Waals surface area contributed by atoms with E-state index in [0.29, 0.717) is 18.4 Å². The van der Waals surface area contributed by atoms with Crippen molar-refractivity contribution in [3.05, 3.63) is 35.4 Å². The molecule has 3 N–H and O–H groups in total. The van der Waals surface area contributed by atoms with E-state index >= 15 is 0 Å². The lowest BCUT2D eigenvalue weighted by Crippen LogP contribution is -2.45. The highest BCUT2D eigenvalue weighted by molar-refractivity contribution is 5.94. The third-order valence-corrected chi connectivity index (χ3v) is 5.79. The number of hydrogen-bond acceptors (Lipinski definition) is 3. The molecule has 1 aromatic carbocycles. The van der Waals surface area contributed by atoms with Crippen LogP contribution >= 0.6 is 0 Å². The average Bonchev–Trinajstić information content (AvgIpc) is 3.09. The lowest BCUT2D eigenvalue weighted by atomic mass is 9.80. The quantitative estimate of drug-likeness (QED) is 0.859. The molecule has 2 amide bonds. The van der Waals surface area contributed by atoms with Crippen LogP contribution in [-0.2, 0) is 11.2 Å². The fourth-order valence-electron chi connectivity index (χ4n) is 4.50. The fraction of sp³-hybridized carbons (Fsp3) is 0.600. The van der Waals surface area contributed by atoms with Gasteiger partial charge in [-0.1, -0.05) is 31.0 Å². The van der Waals surface area contributed by atoms with Crippen LogP contribution in [0.5, 0.6) is 0 Å². The standard InChI is InChI=1S/C20H28N2O3/c21-20(25)15-7-2-1-6-14(15)11-12-19(24)22-13-5-9-17(22)16-8-3-4-10-18(16)23/h1-2,6-7,16-18,23H,3-5,8-13H2,(H2,21,25)/t16-,17-,18+/m1/s1. The van der Waals surface area contributed by atoms with E-state index in [0.717, 1.165) is 50.6 Å². The minimum atomic E-state index is -0.451. The van der Waals surface area contributed by atoms with Gasteiger partial charge in [0.2, 0.25) is 11.8 Å². The van der Waals surface area contributed by atoms with Crippen LogP contribution in [0.25, 0.3) is 0 Å². The Hall–Kier alpha value is -1.88. The van der Waals surface area contributed by atoms with E-state index in [9.17, 15) is 14.7 Å². The van der Waals surface area contributed by atoms with Crippen molar-refractivity contribution in [1.29, 1.82) is 0 Å². The molecule has 136 valence electrons. The number of carbonyl (C=O) groups excluding carboxylic acids is 2. The number of primary amides is 1. The lowest BCUT2D eigenvalue weighted by Gasteiger charge is -2.37. The molecule has 0 spiro atoms. The van der Waals surface area contributed by atoms with Gasteiger partial charge in [-0.3, -0.25) is 9.59 Å². The molecule has 1 aliphatic heterocycles. The lowest BCUT2D eigenvalue weighted by molar-refractivity contribution is -0.134. The van der Waals surface area contributed by atoms with E-state index in [1.165, 1.54) is 0 Å². The van der Waals surface area contributed by atoms with E-state index in [4.69, 9.17) is 5.73 Å². The average molecular weight is 344 g/mol. The number of aliphatic hydroxyl groups excluding tert-OH is 1. The highest BCUT2D eigenvalue weighted by atomic mass is 16.3. The molecule has 25 heavy (non-hydrogen) atoms. The van der Waals surface area contributed by atoms with Crippen molar-refractivity contribution >= 4 is 11.8 Å². The predicted molar refractivity (Wildman–Crippen MR) is 96.0 cm³/mol. The molecule has 5 nitrogen and oxygen atoms in total. The van der Waals surface area contributed by atoms with Crippen LogP contribution in [0.4, 0.5) is 0 Å². The molecule has 3 rings (SSSR count). The van der Waals surface area contributed by atoms with Gasteiger partial charge in [0.15, 0.2) is 0 Å². The predicted octanol–water partition coefficient (Wildman–Crippen LogP) is 2.26. The van der Waals surface area contributed by atoms with Crippen LogP contribution < -0.4 is 5.73 Å². The fourth-order valence-corrected chi connectivity index (χ4v) is 4.50. The minimum Gasteiger partial charge on any atom is -0.393 e. The normalized spacial score (nSPS) is 26.6. The first-order chi connectivity index (χ1) is 12.1. The molecular formula is C20H28N2O3. The van der Waals surface area contributed by atoms with E-state index in [1.807, 2.05) is 17.0 Å². The Balaban J connectivity index is 1.63. The second kappa shape index (κ2) is 8.00. The maximum Gasteiger partial charge on any atom is 0.248 e. The van der Waals surface area contributed by atoms with Crippen LogP contribution in [-0.4, -0.2) is 40.5 Å². The number of carbonyl (C=O) groups is 2. The number of rotatable bonds is 5. The second-order valence-electron chi connectivity index (χ2n) is 7.33. The summed E-state index contributed by atoms with van der Waals surface area (Å²) in [6, 6.07) is 7.39. The van der Waals surface area contributed by atoms with Gasteiger partial charge in [-0.15, -0.1) is 0 Å². The topological polar surface area (TPSA) is 83.6 Å². The summed E-state index contributed by atoms with van der Waals surface area (Å²) in [6.45, 7) is 0.782. The molecule has 5 heteroatoms. The summed E-state index contributed by atoms with van der Waals surface area (Å²) in [7, 11) is 0. The Morgan fingerprint density at radius 1 is 1.12 bits per heavy atom. The monoisotopic (exact) mass is 344 g/mol. The molecule has 0 unspecified atom stereocenters. The minimum absolute atomic E-state index is 0.125. The van der Waals surface area contributed by atoms with Crippen molar-refractivity contribution in [2.45, 2.75) is 63.5 Å². The summed E-state index contributed by atoms with van der Waals surface area (Å²) >= 11 is 0. The van der Waals surface area contributed by atoms with E-state index < -0.39 is 5.91 Å². The molecule has 0 bridgehead atoms. The largest absolute Gasteiger partial charge is 0.393 e. The molecule has 1 saturated heterocycles. The Labute approximate surface area is 149 Å². The van der Waals surface area contributed by atoms with Crippen LogP contribution in [0.2, 0.25) is 0 Å². The van der Waals surface area contributed by atoms with Crippen molar-refractivity contribution in [2.24, 2.45) is 11.7 Å². The number of benzene rings is 1. The van der Waals surface area contributed by atoms with Gasteiger partial charge in [0.25, 0.3) is 0 Å². The third-order valence-electron chi connectivity index (χ3n) is 5.79. The number of aryl methyl sites for hydroxylation is 1. The first-order valence-electron chi connectivity index (χ1n) is 9.43. The zero-order valence-electron chi connectivity index (χ0n) is 14.7. The highest BCUT2D eigenvalue weighted by Gasteiger charge is 2.38. The van der Waals surface area contributed by atoms with Gasteiger partial charge in [-0.05, 0) is 43.7 Å². The Morgan fingerprint density at radius 2 is 1.88 bits per heavy atom. The van der Waals surface area contributed by atoms with Crippen LogP contribution in [0.15, 0.2) is 24.3 Å². The Kier molecular flexibility index (Phi) is 5.74. The maximum atomic E-state index is 12.8. The van der Waals surface area contributed by atoms with Crippen molar-refractivity contribution < 1.29 is 14.7 Å². The van der Waals surface area contributed by atoms with Crippen LogP contribution in [0, 0.1) is 5.92 Å². The van der Waals surface area contributed by atoms with Crippen molar-refractivity contribution in [1.82, 2.24) is 4.90 Å². The number of nitrogens with zero attached hydrogens (tertiary/aromatic N) is 1. The van der Waals surface area contributed by atoms with Gasteiger partial charge in [0.1, 0.15) is 0 Å². The van der Waals surface area contributed by atoms with Gasteiger partial charge < -0.3 is 15.7 Å². The second-order valence-corrected chi connectivity index (χ2v) is 7.33. The molecule has 1 aliphatic carbocycles. The van der Waals surface area contributed by atoms with Gasteiger partial charge >= 0.3 is 0 Å². The molecule has 1 saturated carbocycles. The molecule has 0 radical (unpaired) electrons. The van der Waals surface area contributed by atoms with Gasteiger partial charge in [-0.2, -0.15) is 0 Å². The van der Waals surface area contributed by atoms with Crippen molar-refractivity contribution in [3.8, 4) is 0 Å². The van der Waals surface area contributed by atoms with Gasteiger partial charge in [0.05, 0.1) is 6.10 Å². The molecule has 1 aromatic rings. The summed E-state index contributed by atoms with van der Waals surface area (Å²) in [4.78, 5) is 26.3. The summed E-state index contributed by atoms with van der Waals surface area (Å²) in [5.74, 6) is -0.106. The number of aliphatic hydroxyl groups is 1. The SMILES string of the molecule is NC(=O)c1ccccc1CCC(=O)N1CCC[C@@H]1[C@H]1CCCC[C@@H]1O.